The Bertz CT molecular complexity index is 915. The second-order valence-corrected chi connectivity index (χ2v) is 7.59. The summed E-state index contributed by atoms with van der Waals surface area (Å²) in [5.41, 5.74) is 1.89. The molecule has 1 aromatic carbocycles. The maximum atomic E-state index is 13.2. The van der Waals surface area contributed by atoms with Crippen LogP contribution in [0.5, 0.6) is 5.75 Å². The van der Waals surface area contributed by atoms with E-state index in [1.807, 2.05) is 21.6 Å². The summed E-state index contributed by atoms with van der Waals surface area (Å²) in [4.78, 5) is 34.8. The van der Waals surface area contributed by atoms with Crippen molar-refractivity contribution in [3.8, 4) is 5.75 Å². The zero-order valence-corrected chi connectivity index (χ0v) is 17.0. The molecule has 154 valence electrons. The van der Waals surface area contributed by atoms with Crippen molar-refractivity contribution < 1.29 is 14.3 Å². The lowest BCUT2D eigenvalue weighted by Crippen LogP contribution is -2.47. The highest BCUT2D eigenvalue weighted by molar-refractivity contribution is 6.04. The Balaban J connectivity index is 1.62. The molecular formula is C21H27N5O3. The third-order valence-electron chi connectivity index (χ3n) is 5.67. The van der Waals surface area contributed by atoms with E-state index in [9.17, 15) is 9.59 Å². The molecule has 0 spiro atoms. The van der Waals surface area contributed by atoms with Crippen LogP contribution < -0.4 is 10.1 Å². The number of piperazine rings is 1. The van der Waals surface area contributed by atoms with Crippen molar-refractivity contribution in [1.29, 1.82) is 0 Å². The lowest BCUT2D eigenvalue weighted by atomic mass is 10.1. The van der Waals surface area contributed by atoms with Crippen LogP contribution in [0.1, 0.15) is 39.6 Å². The number of aromatic nitrogens is 2. The number of para-hydroxylation sites is 2. The first-order chi connectivity index (χ1) is 14.1. The number of likely N-dealkylation sites (N-methyl/N-ethyl adjacent to an activating group) is 1. The van der Waals surface area contributed by atoms with Crippen molar-refractivity contribution in [3.05, 3.63) is 41.5 Å². The number of benzene rings is 1. The Kier molecular flexibility index (Phi) is 5.53. The van der Waals surface area contributed by atoms with Gasteiger partial charge in [-0.3, -0.25) is 9.59 Å². The summed E-state index contributed by atoms with van der Waals surface area (Å²) >= 11 is 0. The molecule has 2 aliphatic heterocycles. The highest BCUT2D eigenvalue weighted by Gasteiger charge is 2.31. The molecular weight excluding hydrogens is 370 g/mol. The smallest absolute Gasteiger partial charge is 0.291 e. The summed E-state index contributed by atoms with van der Waals surface area (Å²) in [5, 5.41) is 2.89. The van der Waals surface area contributed by atoms with Gasteiger partial charge in [0.15, 0.2) is 5.82 Å². The molecule has 0 bridgehead atoms. The summed E-state index contributed by atoms with van der Waals surface area (Å²) in [6.07, 6.45) is 2.74. The molecule has 29 heavy (non-hydrogen) atoms. The molecule has 2 aromatic rings. The van der Waals surface area contributed by atoms with Crippen LogP contribution in [0.15, 0.2) is 24.3 Å². The quantitative estimate of drug-likeness (QED) is 0.852. The average Bonchev–Trinajstić information content (AvgIpc) is 3.14. The maximum Gasteiger partial charge on any atom is 0.291 e. The van der Waals surface area contributed by atoms with Gasteiger partial charge in [0.1, 0.15) is 11.4 Å². The molecule has 0 atom stereocenters. The van der Waals surface area contributed by atoms with E-state index in [2.05, 4.69) is 22.2 Å². The minimum atomic E-state index is -0.324. The van der Waals surface area contributed by atoms with Gasteiger partial charge in [0.05, 0.1) is 18.5 Å². The highest BCUT2D eigenvalue weighted by Crippen LogP contribution is 2.26. The van der Waals surface area contributed by atoms with E-state index >= 15 is 0 Å². The summed E-state index contributed by atoms with van der Waals surface area (Å²) in [7, 11) is 3.62. The number of carbonyl (C=O) groups is 2. The average molecular weight is 397 g/mol. The number of rotatable bonds is 4. The van der Waals surface area contributed by atoms with Crippen LogP contribution in [0.2, 0.25) is 0 Å². The zero-order valence-electron chi connectivity index (χ0n) is 17.0. The fourth-order valence-electron chi connectivity index (χ4n) is 3.97. The van der Waals surface area contributed by atoms with Crippen molar-refractivity contribution in [1.82, 2.24) is 19.4 Å². The van der Waals surface area contributed by atoms with Gasteiger partial charge in [-0.1, -0.05) is 12.1 Å². The van der Waals surface area contributed by atoms with Crippen molar-refractivity contribution >= 4 is 17.5 Å². The Morgan fingerprint density at radius 3 is 2.59 bits per heavy atom. The van der Waals surface area contributed by atoms with Gasteiger partial charge in [-0.05, 0) is 38.4 Å². The van der Waals surface area contributed by atoms with Crippen molar-refractivity contribution in [2.75, 3.05) is 45.7 Å². The van der Waals surface area contributed by atoms with Gasteiger partial charge >= 0.3 is 0 Å². The van der Waals surface area contributed by atoms with E-state index in [4.69, 9.17) is 4.74 Å². The first kappa shape index (κ1) is 19.4. The first-order valence-electron chi connectivity index (χ1n) is 10.1. The summed E-state index contributed by atoms with van der Waals surface area (Å²) in [6, 6.07) is 7.26. The second-order valence-electron chi connectivity index (χ2n) is 7.59. The van der Waals surface area contributed by atoms with Crippen LogP contribution >= 0.6 is 0 Å². The Labute approximate surface area is 170 Å². The second kappa shape index (κ2) is 8.24. The normalized spacial score (nSPS) is 17.0. The first-order valence-corrected chi connectivity index (χ1v) is 10.1. The van der Waals surface area contributed by atoms with Gasteiger partial charge in [0.2, 0.25) is 0 Å². The monoisotopic (exact) mass is 397 g/mol. The summed E-state index contributed by atoms with van der Waals surface area (Å²) < 4.78 is 7.23. The highest BCUT2D eigenvalue weighted by atomic mass is 16.5. The van der Waals surface area contributed by atoms with E-state index in [0.29, 0.717) is 42.6 Å². The third kappa shape index (κ3) is 3.85. The molecule has 0 unspecified atom stereocenters. The number of methoxy groups -OCH3 is 1. The fourth-order valence-corrected chi connectivity index (χ4v) is 3.97. The van der Waals surface area contributed by atoms with Gasteiger partial charge in [0.25, 0.3) is 11.8 Å². The third-order valence-corrected chi connectivity index (χ3v) is 5.67. The minimum absolute atomic E-state index is 0.0694. The number of hydrogen-bond acceptors (Lipinski definition) is 5. The molecule has 2 amide bonds. The number of ether oxygens (including phenoxy) is 1. The van der Waals surface area contributed by atoms with Crippen LogP contribution in [0.25, 0.3) is 0 Å². The van der Waals surface area contributed by atoms with Gasteiger partial charge in [-0.15, -0.1) is 0 Å². The summed E-state index contributed by atoms with van der Waals surface area (Å²) in [6.45, 7) is 3.77. The molecule has 8 heteroatoms. The predicted octanol–water partition coefficient (Wildman–Crippen LogP) is 1.87. The predicted molar refractivity (Wildman–Crippen MR) is 110 cm³/mol. The Hall–Kier alpha value is -2.87. The van der Waals surface area contributed by atoms with Gasteiger partial charge in [-0.25, -0.2) is 4.98 Å². The Morgan fingerprint density at radius 1 is 1.07 bits per heavy atom. The van der Waals surface area contributed by atoms with Crippen LogP contribution in [-0.2, 0) is 13.0 Å². The number of fused-ring (bicyclic) bond motifs is 1. The van der Waals surface area contributed by atoms with Crippen molar-refractivity contribution in [2.24, 2.45) is 0 Å². The van der Waals surface area contributed by atoms with Crippen LogP contribution in [-0.4, -0.2) is 71.5 Å². The standard InChI is InChI=1S/C21H27N5O3/c1-24-11-13-25(14-12-24)21(28)18-16-8-5-6-10-26(16)19(23-18)20(27)22-15-7-3-4-9-17(15)29-2/h3-4,7,9H,5-6,8,10-14H2,1-2H3,(H,22,27). The molecule has 4 rings (SSSR count). The van der Waals surface area contributed by atoms with Crippen molar-refractivity contribution in [3.63, 3.8) is 0 Å². The van der Waals surface area contributed by atoms with E-state index in [1.54, 1.807) is 19.2 Å². The molecule has 2 aliphatic rings. The molecule has 3 heterocycles. The molecule has 1 fully saturated rings. The van der Waals surface area contributed by atoms with Crippen LogP contribution in [0, 0.1) is 0 Å². The zero-order chi connectivity index (χ0) is 20.4. The summed E-state index contributed by atoms with van der Waals surface area (Å²) in [5.74, 6) is 0.485. The molecule has 8 nitrogen and oxygen atoms in total. The van der Waals surface area contributed by atoms with Crippen LogP contribution in [0.4, 0.5) is 5.69 Å². The number of nitrogens with zero attached hydrogens (tertiary/aromatic N) is 4. The number of amides is 2. The molecule has 1 saturated heterocycles. The maximum absolute atomic E-state index is 13.2. The number of nitrogens with one attached hydrogen (secondary N) is 1. The fraction of sp³-hybridized carbons (Fsp3) is 0.476. The van der Waals surface area contributed by atoms with E-state index in [0.717, 1.165) is 38.0 Å². The van der Waals surface area contributed by atoms with Gasteiger partial charge in [-0.2, -0.15) is 0 Å². The van der Waals surface area contributed by atoms with E-state index in [-0.39, 0.29) is 11.8 Å². The molecule has 1 aromatic heterocycles. The minimum Gasteiger partial charge on any atom is -0.495 e. The number of anilines is 1. The van der Waals surface area contributed by atoms with Crippen molar-refractivity contribution in [2.45, 2.75) is 25.8 Å². The topological polar surface area (TPSA) is 79.7 Å². The van der Waals surface area contributed by atoms with Gasteiger partial charge < -0.3 is 24.4 Å². The molecule has 0 aliphatic carbocycles. The SMILES string of the molecule is COc1ccccc1NC(=O)c1nc(C(=O)N2CCN(C)CC2)c2n1CCCC2. The Morgan fingerprint density at radius 2 is 1.83 bits per heavy atom. The lowest BCUT2D eigenvalue weighted by molar-refractivity contribution is 0.0657. The van der Waals surface area contributed by atoms with E-state index < -0.39 is 0 Å². The van der Waals surface area contributed by atoms with E-state index in [1.165, 1.54) is 0 Å². The number of carbonyl (C=O) groups excluding carboxylic acids is 2. The molecule has 0 saturated carbocycles. The molecule has 0 radical (unpaired) electrons. The van der Waals surface area contributed by atoms with Crippen LogP contribution in [0.3, 0.4) is 0 Å². The largest absolute Gasteiger partial charge is 0.495 e. The van der Waals surface area contributed by atoms with Gasteiger partial charge in [0, 0.05) is 32.7 Å². The number of hydrogen-bond donors (Lipinski definition) is 1. The number of imidazole rings is 1. The lowest BCUT2D eigenvalue weighted by Gasteiger charge is -2.32. The molecule has 1 N–H and O–H groups in total.